The number of nitrogens with zero attached hydrogens (tertiary/aromatic N) is 3. The van der Waals surface area contributed by atoms with Crippen molar-refractivity contribution in [3.05, 3.63) is 24.5 Å². The van der Waals surface area contributed by atoms with Crippen LogP contribution in [0.2, 0.25) is 0 Å². The van der Waals surface area contributed by atoms with Crippen molar-refractivity contribution < 1.29 is 4.74 Å². The number of aromatic nitrogens is 1. The number of likely N-dealkylation sites (tertiary alicyclic amines) is 1. The number of hydrogen-bond donors (Lipinski definition) is 1. The summed E-state index contributed by atoms with van der Waals surface area (Å²) in [6, 6.07) is 3.78. The SMILES string of the molecule is CN=C(NCCOc1cccnc1)N1CCC(C)(C)C1. The molecule has 2 rings (SSSR count). The van der Waals surface area contributed by atoms with Crippen LogP contribution in [0.3, 0.4) is 0 Å². The predicted octanol–water partition coefficient (Wildman–Crippen LogP) is 1.77. The molecule has 2 heterocycles. The van der Waals surface area contributed by atoms with Gasteiger partial charge in [0, 0.05) is 26.3 Å². The number of nitrogens with one attached hydrogen (secondary N) is 1. The van der Waals surface area contributed by atoms with Crippen molar-refractivity contribution in [3.63, 3.8) is 0 Å². The van der Waals surface area contributed by atoms with Gasteiger partial charge in [-0.3, -0.25) is 9.98 Å². The summed E-state index contributed by atoms with van der Waals surface area (Å²) in [5.74, 6) is 1.76. The van der Waals surface area contributed by atoms with Crippen LogP contribution in [0, 0.1) is 5.41 Å². The van der Waals surface area contributed by atoms with Crippen LogP contribution in [0.4, 0.5) is 0 Å². The summed E-state index contributed by atoms with van der Waals surface area (Å²) in [5.41, 5.74) is 0.379. The standard InChI is InChI=1S/C15H24N4O/c1-15(2)6-9-19(12-15)14(16-3)18-8-10-20-13-5-4-7-17-11-13/h4-5,7,11H,6,8-10,12H2,1-3H3,(H,16,18). The van der Waals surface area contributed by atoms with E-state index in [9.17, 15) is 0 Å². The Balaban J connectivity index is 1.72. The topological polar surface area (TPSA) is 49.8 Å². The number of pyridine rings is 1. The maximum absolute atomic E-state index is 5.61. The van der Waals surface area contributed by atoms with Crippen molar-refractivity contribution >= 4 is 5.96 Å². The minimum Gasteiger partial charge on any atom is -0.490 e. The molecule has 0 saturated carbocycles. The molecule has 20 heavy (non-hydrogen) atoms. The van der Waals surface area contributed by atoms with Gasteiger partial charge in [-0.15, -0.1) is 0 Å². The fraction of sp³-hybridized carbons (Fsp3) is 0.600. The average Bonchev–Trinajstić information content (AvgIpc) is 2.80. The fourth-order valence-electron chi connectivity index (χ4n) is 2.39. The molecule has 0 unspecified atom stereocenters. The summed E-state index contributed by atoms with van der Waals surface area (Å²) in [5, 5.41) is 3.35. The lowest BCUT2D eigenvalue weighted by molar-refractivity contribution is 0.316. The third kappa shape index (κ3) is 4.11. The molecule has 0 atom stereocenters. The molecular weight excluding hydrogens is 252 g/mol. The van der Waals surface area contributed by atoms with Crippen molar-refractivity contribution in [2.75, 3.05) is 33.3 Å². The lowest BCUT2D eigenvalue weighted by atomic mass is 9.93. The Bertz CT molecular complexity index is 444. The van der Waals surface area contributed by atoms with Gasteiger partial charge in [0.2, 0.25) is 0 Å². The highest BCUT2D eigenvalue weighted by Crippen LogP contribution is 2.28. The minimum atomic E-state index is 0.379. The Labute approximate surface area is 121 Å². The second-order valence-corrected chi connectivity index (χ2v) is 5.85. The van der Waals surface area contributed by atoms with E-state index in [-0.39, 0.29) is 0 Å². The van der Waals surface area contributed by atoms with E-state index in [1.165, 1.54) is 6.42 Å². The van der Waals surface area contributed by atoms with E-state index in [2.05, 4.69) is 34.0 Å². The molecular formula is C15H24N4O. The summed E-state index contributed by atoms with van der Waals surface area (Å²) >= 11 is 0. The van der Waals surface area contributed by atoms with Crippen molar-refractivity contribution in [2.45, 2.75) is 20.3 Å². The van der Waals surface area contributed by atoms with E-state index < -0.39 is 0 Å². The van der Waals surface area contributed by atoms with Gasteiger partial charge in [-0.2, -0.15) is 0 Å². The molecule has 0 bridgehead atoms. The first-order chi connectivity index (χ1) is 9.61. The average molecular weight is 276 g/mol. The smallest absolute Gasteiger partial charge is 0.193 e. The van der Waals surface area contributed by atoms with Gasteiger partial charge in [0.25, 0.3) is 0 Å². The number of ether oxygens (including phenoxy) is 1. The molecule has 5 heteroatoms. The predicted molar refractivity (Wildman–Crippen MR) is 81.1 cm³/mol. The van der Waals surface area contributed by atoms with Gasteiger partial charge in [0.1, 0.15) is 12.4 Å². The van der Waals surface area contributed by atoms with Gasteiger partial charge < -0.3 is 15.0 Å². The Morgan fingerprint density at radius 3 is 3.00 bits per heavy atom. The van der Waals surface area contributed by atoms with Crippen LogP contribution in [-0.4, -0.2) is 49.1 Å². The Morgan fingerprint density at radius 1 is 1.55 bits per heavy atom. The van der Waals surface area contributed by atoms with Crippen LogP contribution >= 0.6 is 0 Å². The zero-order valence-corrected chi connectivity index (χ0v) is 12.6. The molecule has 0 spiro atoms. The summed E-state index contributed by atoms with van der Waals surface area (Å²) in [6.07, 6.45) is 4.67. The molecule has 0 amide bonds. The maximum atomic E-state index is 5.61. The second-order valence-electron chi connectivity index (χ2n) is 5.85. The molecule has 0 aliphatic carbocycles. The van der Waals surface area contributed by atoms with Crippen LogP contribution in [0.5, 0.6) is 5.75 Å². The van der Waals surface area contributed by atoms with E-state index in [0.29, 0.717) is 12.0 Å². The van der Waals surface area contributed by atoms with Gasteiger partial charge in [0.05, 0.1) is 12.7 Å². The zero-order chi connectivity index (χ0) is 14.4. The van der Waals surface area contributed by atoms with Gasteiger partial charge in [-0.05, 0) is 24.0 Å². The molecule has 1 N–H and O–H groups in total. The van der Waals surface area contributed by atoms with Crippen LogP contribution in [-0.2, 0) is 0 Å². The van der Waals surface area contributed by atoms with Crippen molar-refractivity contribution in [2.24, 2.45) is 10.4 Å². The highest BCUT2D eigenvalue weighted by Gasteiger charge is 2.30. The van der Waals surface area contributed by atoms with Gasteiger partial charge >= 0.3 is 0 Å². The van der Waals surface area contributed by atoms with Crippen LogP contribution in [0.1, 0.15) is 20.3 Å². The lowest BCUT2D eigenvalue weighted by Crippen LogP contribution is -2.42. The second kappa shape index (κ2) is 6.59. The molecule has 5 nitrogen and oxygen atoms in total. The Kier molecular flexibility index (Phi) is 4.82. The quantitative estimate of drug-likeness (QED) is 0.517. The van der Waals surface area contributed by atoms with Crippen LogP contribution in [0.25, 0.3) is 0 Å². The molecule has 1 aromatic rings. The Morgan fingerprint density at radius 2 is 2.40 bits per heavy atom. The van der Waals surface area contributed by atoms with E-state index in [1.54, 1.807) is 12.4 Å². The first kappa shape index (κ1) is 14.6. The molecule has 0 radical (unpaired) electrons. The van der Waals surface area contributed by atoms with Crippen LogP contribution < -0.4 is 10.1 Å². The Hall–Kier alpha value is -1.78. The number of aliphatic imine (C=N–C) groups is 1. The third-order valence-corrected chi connectivity index (χ3v) is 3.48. The van der Waals surface area contributed by atoms with E-state index in [0.717, 1.165) is 31.3 Å². The van der Waals surface area contributed by atoms with Gasteiger partial charge in [0.15, 0.2) is 5.96 Å². The zero-order valence-electron chi connectivity index (χ0n) is 12.6. The lowest BCUT2D eigenvalue weighted by Gasteiger charge is -2.23. The summed E-state index contributed by atoms with van der Waals surface area (Å²) in [4.78, 5) is 10.7. The van der Waals surface area contributed by atoms with Crippen molar-refractivity contribution in [1.29, 1.82) is 0 Å². The minimum absolute atomic E-state index is 0.379. The van der Waals surface area contributed by atoms with Gasteiger partial charge in [-0.25, -0.2) is 0 Å². The first-order valence-electron chi connectivity index (χ1n) is 7.09. The van der Waals surface area contributed by atoms with Crippen molar-refractivity contribution in [1.82, 2.24) is 15.2 Å². The van der Waals surface area contributed by atoms with E-state index >= 15 is 0 Å². The number of rotatable bonds is 4. The molecule has 110 valence electrons. The molecule has 0 aromatic carbocycles. The molecule has 1 aliphatic heterocycles. The van der Waals surface area contributed by atoms with Crippen molar-refractivity contribution in [3.8, 4) is 5.75 Å². The number of hydrogen-bond acceptors (Lipinski definition) is 3. The molecule has 1 aromatic heterocycles. The largest absolute Gasteiger partial charge is 0.490 e. The van der Waals surface area contributed by atoms with E-state index in [1.807, 2.05) is 19.2 Å². The molecule has 1 fully saturated rings. The summed E-state index contributed by atoms with van der Waals surface area (Å²) in [6.45, 7) is 8.05. The third-order valence-electron chi connectivity index (χ3n) is 3.48. The molecule has 1 aliphatic rings. The fourth-order valence-corrected chi connectivity index (χ4v) is 2.39. The normalized spacial score (nSPS) is 18.1. The molecule has 1 saturated heterocycles. The maximum Gasteiger partial charge on any atom is 0.193 e. The van der Waals surface area contributed by atoms with Crippen LogP contribution in [0.15, 0.2) is 29.5 Å². The highest BCUT2D eigenvalue weighted by molar-refractivity contribution is 5.80. The number of guanidine groups is 1. The highest BCUT2D eigenvalue weighted by atomic mass is 16.5. The first-order valence-corrected chi connectivity index (χ1v) is 7.09. The summed E-state index contributed by atoms with van der Waals surface area (Å²) in [7, 11) is 1.83. The van der Waals surface area contributed by atoms with Gasteiger partial charge in [-0.1, -0.05) is 13.8 Å². The summed E-state index contributed by atoms with van der Waals surface area (Å²) < 4.78 is 5.61. The van der Waals surface area contributed by atoms with E-state index in [4.69, 9.17) is 4.74 Å². The monoisotopic (exact) mass is 276 g/mol.